The number of quaternary nitrogens is 1. The lowest BCUT2D eigenvalue weighted by Crippen LogP contribution is -2.92. The standard InChI is InChI=1S/C20H20ClN3O4/c1-28-16-8-6-15(7-9-16)24-18(25)12-17(20(24)27)22-10-11-23-19(26)13-2-4-14(21)5-3-13/h2-9,17,22H,10-12H2,1H3,(H,23,26)/p+1/t17-/m0/s1. The molecular weight excluding hydrogens is 382 g/mol. The number of nitrogens with two attached hydrogens (primary N) is 1. The van der Waals surface area contributed by atoms with Gasteiger partial charge in [0, 0.05) is 10.6 Å². The number of nitrogens with one attached hydrogen (secondary N) is 1. The van der Waals surface area contributed by atoms with E-state index in [0.29, 0.717) is 35.1 Å². The van der Waals surface area contributed by atoms with Crippen LogP contribution in [-0.2, 0) is 9.59 Å². The topological polar surface area (TPSA) is 92.3 Å². The van der Waals surface area contributed by atoms with Crippen molar-refractivity contribution in [2.24, 2.45) is 0 Å². The Balaban J connectivity index is 1.50. The molecule has 0 spiro atoms. The van der Waals surface area contributed by atoms with E-state index in [1.54, 1.807) is 61.0 Å². The van der Waals surface area contributed by atoms with Crippen LogP contribution >= 0.6 is 11.6 Å². The van der Waals surface area contributed by atoms with Crippen molar-refractivity contribution in [2.45, 2.75) is 12.5 Å². The van der Waals surface area contributed by atoms with Crippen molar-refractivity contribution >= 4 is 35.0 Å². The van der Waals surface area contributed by atoms with E-state index in [9.17, 15) is 14.4 Å². The third kappa shape index (κ3) is 4.49. The number of rotatable bonds is 7. The van der Waals surface area contributed by atoms with Crippen LogP contribution in [0.4, 0.5) is 5.69 Å². The summed E-state index contributed by atoms with van der Waals surface area (Å²) in [6.07, 6.45) is 0.135. The molecule has 0 unspecified atom stereocenters. The van der Waals surface area contributed by atoms with Crippen molar-refractivity contribution in [3.05, 3.63) is 59.1 Å². The predicted molar refractivity (Wildman–Crippen MR) is 104 cm³/mol. The van der Waals surface area contributed by atoms with Gasteiger partial charge in [-0.15, -0.1) is 0 Å². The van der Waals surface area contributed by atoms with Crippen molar-refractivity contribution in [3.63, 3.8) is 0 Å². The van der Waals surface area contributed by atoms with Gasteiger partial charge in [0.2, 0.25) is 5.91 Å². The largest absolute Gasteiger partial charge is 0.497 e. The van der Waals surface area contributed by atoms with Crippen LogP contribution in [0.15, 0.2) is 48.5 Å². The Morgan fingerprint density at radius 2 is 1.86 bits per heavy atom. The van der Waals surface area contributed by atoms with E-state index in [0.717, 1.165) is 0 Å². The lowest BCUT2D eigenvalue weighted by atomic mass is 10.2. The molecule has 1 saturated heterocycles. The van der Waals surface area contributed by atoms with Gasteiger partial charge in [-0.3, -0.25) is 14.4 Å². The fraction of sp³-hybridized carbons (Fsp3) is 0.250. The second-order valence-electron chi connectivity index (χ2n) is 6.36. The summed E-state index contributed by atoms with van der Waals surface area (Å²) in [5.41, 5.74) is 1.05. The fourth-order valence-corrected chi connectivity index (χ4v) is 3.14. The molecule has 0 radical (unpaired) electrons. The van der Waals surface area contributed by atoms with Crippen LogP contribution in [0.5, 0.6) is 5.75 Å². The molecule has 1 atom stereocenters. The molecule has 0 aliphatic carbocycles. The van der Waals surface area contributed by atoms with E-state index < -0.39 is 6.04 Å². The Hall–Kier alpha value is -2.90. The van der Waals surface area contributed by atoms with Gasteiger partial charge in [0.25, 0.3) is 11.8 Å². The Kier molecular flexibility index (Phi) is 6.28. The van der Waals surface area contributed by atoms with Gasteiger partial charge < -0.3 is 15.4 Å². The molecule has 7 nitrogen and oxygen atoms in total. The number of imide groups is 1. The van der Waals surface area contributed by atoms with Crippen molar-refractivity contribution < 1.29 is 24.4 Å². The summed E-state index contributed by atoms with van der Waals surface area (Å²) in [5, 5.41) is 5.14. The van der Waals surface area contributed by atoms with Crippen LogP contribution in [-0.4, -0.2) is 44.0 Å². The molecule has 3 rings (SSSR count). The van der Waals surface area contributed by atoms with Crippen LogP contribution in [0.2, 0.25) is 5.02 Å². The lowest BCUT2D eigenvalue weighted by molar-refractivity contribution is -0.672. The van der Waals surface area contributed by atoms with Crippen LogP contribution in [0.1, 0.15) is 16.8 Å². The second-order valence-corrected chi connectivity index (χ2v) is 6.80. The highest BCUT2D eigenvalue weighted by molar-refractivity contribution is 6.30. The number of nitrogens with zero attached hydrogens (tertiary/aromatic N) is 1. The highest BCUT2D eigenvalue weighted by Gasteiger charge is 2.42. The summed E-state index contributed by atoms with van der Waals surface area (Å²) in [4.78, 5) is 38.1. The summed E-state index contributed by atoms with van der Waals surface area (Å²) in [6, 6.07) is 12.9. The molecule has 1 aliphatic rings. The third-order valence-electron chi connectivity index (χ3n) is 4.50. The molecule has 8 heteroatoms. The zero-order chi connectivity index (χ0) is 20.1. The Bertz CT molecular complexity index is 868. The van der Waals surface area contributed by atoms with Crippen LogP contribution in [0.3, 0.4) is 0 Å². The minimum absolute atomic E-state index is 0.135. The quantitative estimate of drug-likeness (QED) is 0.533. The smallest absolute Gasteiger partial charge is 0.292 e. The van der Waals surface area contributed by atoms with Crippen LogP contribution in [0.25, 0.3) is 0 Å². The lowest BCUT2D eigenvalue weighted by Gasteiger charge is -2.14. The molecule has 1 fully saturated rings. The minimum Gasteiger partial charge on any atom is -0.497 e. The number of anilines is 1. The first-order chi connectivity index (χ1) is 13.5. The number of ether oxygens (including phenoxy) is 1. The monoisotopic (exact) mass is 402 g/mol. The maximum Gasteiger partial charge on any atom is 0.292 e. The van der Waals surface area contributed by atoms with E-state index in [1.807, 2.05) is 0 Å². The minimum atomic E-state index is -0.484. The van der Waals surface area contributed by atoms with Gasteiger partial charge in [-0.2, -0.15) is 0 Å². The van der Waals surface area contributed by atoms with Crippen molar-refractivity contribution in [1.29, 1.82) is 0 Å². The zero-order valence-electron chi connectivity index (χ0n) is 15.4. The summed E-state index contributed by atoms with van der Waals surface area (Å²) in [6.45, 7) is 0.863. The number of halogens is 1. The molecule has 1 heterocycles. The van der Waals surface area contributed by atoms with Gasteiger partial charge in [-0.1, -0.05) is 11.6 Å². The Morgan fingerprint density at radius 3 is 2.50 bits per heavy atom. The average Bonchev–Trinajstić information content (AvgIpc) is 2.99. The number of amides is 3. The molecule has 3 N–H and O–H groups in total. The number of hydrogen-bond acceptors (Lipinski definition) is 4. The SMILES string of the molecule is COc1ccc(N2C(=O)C[C@H]([NH2+]CCNC(=O)c3ccc(Cl)cc3)C2=O)cc1. The van der Waals surface area contributed by atoms with Gasteiger partial charge in [-0.05, 0) is 48.5 Å². The summed E-state index contributed by atoms with van der Waals surface area (Å²) < 4.78 is 5.09. The van der Waals surface area contributed by atoms with Gasteiger partial charge in [-0.25, -0.2) is 4.90 Å². The summed E-state index contributed by atoms with van der Waals surface area (Å²) in [5.74, 6) is -0.0399. The molecule has 2 aromatic carbocycles. The molecule has 28 heavy (non-hydrogen) atoms. The first-order valence-electron chi connectivity index (χ1n) is 8.87. The first-order valence-corrected chi connectivity index (χ1v) is 9.25. The maximum atomic E-state index is 12.6. The van der Waals surface area contributed by atoms with E-state index in [4.69, 9.17) is 16.3 Å². The summed E-state index contributed by atoms with van der Waals surface area (Å²) >= 11 is 5.81. The van der Waals surface area contributed by atoms with E-state index in [1.165, 1.54) is 4.90 Å². The third-order valence-corrected chi connectivity index (χ3v) is 4.75. The molecule has 3 amide bonds. The molecule has 0 aromatic heterocycles. The van der Waals surface area contributed by atoms with Crippen molar-refractivity contribution in [1.82, 2.24) is 5.32 Å². The molecule has 1 aliphatic heterocycles. The molecular formula is C20H21ClN3O4+. The fourth-order valence-electron chi connectivity index (χ4n) is 3.02. The first kappa shape index (κ1) is 19.9. The predicted octanol–water partition coefficient (Wildman–Crippen LogP) is 0.974. The van der Waals surface area contributed by atoms with E-state index in [-0.39, 0.29) is 24.1 Å². The van der Waals surface area contributed by atoms with E-state index >= 15 is 0 Å². The number of carbonyl (C=O) groups is 3. The highest BCUT2D eigenvalue weighted by atomic mass is 35.5. The van der Waals surface area contributed by atoms with Gasteiger partial charge in [0.15, 0.2) is 6.04 Å². The van der Waals surface area contributed by atoms with Gasteiger partial charge in [0.1, 0.15) is 5.75 Å². The van der Waals surface area contributed by atoms with Gasteiger partial charge >= 0.3 is 0 Å². The number of hydrogen-bond donors (Lipinski definition) is 2. The van der Waals surface area contributed by atoms with Crippen molar-refractivity contribution in [2.75, 3.05) is 25.1 Å². The molecule has 0 saturated carbocycles. The normalized spacial score (nSPS) is 16.4. The van der Waals surface area contributed by atoms with Gasteiger partial charge in [0.05, 0.1) is 32.3 Å². The zero-order valence-corrected chi connectivity index (χ0v) is 16.1. The summed E-state index contributed by atoms with van der Waals surface area (Å²) in [7, 11) is 1.55. The molecule has 146 valence electrons. The maximum absolute atomic E-state index is 12.6. The van der Waals surface area contributed by atoms with Crippen LogP contribution < -0.4 is 20.3 Å². The number of carbonyl (C=O) groups excluding carboxylic acids is 3. The Morgan fingerprint density at radius 1 is 1.18 bits per heavy atom. The molecule has 0 bridgehead atoms. The van der Waals surface area contributed by atoms with Crippen LogP contribution in [0, 0.1) is 0 Å². The average molecular weight is 403 g/mol. The molecule has 2 aromatic rings. The Labute approximate surface area is 167 Å². The number of benzene rings is 2. The highest BCUT2D eigenvalue weighted by Crippen LogP contribution is 2.24. The van der Waals surface area contributed by atoms with Crippen molar-refractivity contribution in [3.8, 4) is 5.75 Å². The van der Waals surface area contributed by atoms with E-state index in [2.05, 4.69) is 5.32 Å². The second kappa shape index (κ2) is 8.86. The number of methoxy groups -OCH3 is 1.